The van der Waals surface area contributed by atoms with E-state index in [0.717, 1.165) is 5.57 Å². The van der Waals surface area contributed by atoms with E-state index >= 15 is 0 Å². The van der Waals surface area contributed by atoms with Gasteiger partial charge in [-0.2, -0.15) is 0 Å². The van der Waals surface area contributed by atoms with Crippen LogP contribution in [0.3, 0.4) is 0 Å². The van der Waals surface area contributed by atoms with Crippen LogP contribution in [0.5, 0.6) is 0 Å². The number of carbonyl (C=O) groups excluding carboxylic acids is 2. The fraction of sp³-hybridized carbons (Fsp3) is 0.524. The van der Waals surface area contributed by atoms with Gasteiger partial charge in [-0.25, -0.2) is 17.8 Å². The van der Waals surface area contributed by atoms with Crippen LogP contribution < -0.4 is 10.2 Å². The number of benzene rings is 1. The van der Waals surface area contributed by atoms with Crippen LogP contribution >= 0.6 is 0 Å². The lowest BCUT2D eigenvalue weighted by molar-refractivity contribution is -0.119. The van der Waals surface area contributed by atoms with Gasteiger partial charge in [0.2, 0.25) is 5.91 Å². The molecule has 0 aromatic heterocycles. The molecule has 3 rings (SSSR count). The van der Waals surface area contributed by atoms with E-state index in [0.29, 0.717) is 23.4 Å². The van der Waals surface area contributed by atoms with Crippen molar-refractivity contribution in [1.82, 2.24) is 5.32 Å². The molecule has 2 atom stereocenters. The van der Waals surface area contributed by atoms with Crippen molar-refractivity contribution in [2.45, 2.75) is 38.9 Å². The van der Waals surface area contributed by atoms with Gasteiger partial charge in [0.1, 0.15) is 11.9 Å². The lowest BCUT2D eigenvalue weighted by Crippen LogP contribution is -2.33. The third-order valence-electron chi connectivity index (χ3n) is 5.03. The number of anilines is 1. The number of aliphatic hydroxyl groups is 1. The van der Waals surface area contributed by atoms with Crippen LogP contribution in [0, 0.1) is 5.82 Å². The maximum atomic E-state index is 14.9. The molecule has 2 amide bonds. The highest BCUT2D eigenvalue weighted by molar-refractivity contribution is 7.93. The number of hydrogen-bond donors (Lipinski definition) is 2. The molecule has 1 unspecified atom stereocenters. The summed E-state index contributed by atoms with van der Waals surface area (Å²) in [6, 6.07) is 4.53. The molecule has 1 saturated heterocycles. The Bertz CT molecular complexity index is 1020. The molecule has 2 aliphatic heterocycles. The third-order valence-corrected chi connectivity index (χ3v) is 7.16. The topological polar surface area (TPSA) is 108 Å². The summed E-state index contributed by atoms with van der Waals surface area (Å²) in [6.07, 6.45) is 1.06. The molecule has 2 heterocycles. The molecule has 8 nitrogen and oxygen atoms in total. The Hall–Kier alpha value is -2.46. The number of halogens is 1. The summed E-state index contributed by atoms with van der Waals surface area (Å²) in [6.45, 7) is 5.10. The number of ether oxygens (including phenoxy) is 1. The molecular weight excluding hydrogens is 425 g/mol. The molecule has 0 radical (unpaired) electrons. The van der Waals surface area contributed by atoms with Crippen LogP contribution in [0.15, 0.2) is 28.6 Å². The van der Waals surface area contributed by atoms with E-state index < -0.39 is 33.3 Å². The molecule has 2 N–H and O–H groups in total. The predicted octanol–water partition coefficient (Wildman–Crippen LogP) is 2.31. The Labute approximate surface area is 181 Å². The smallest absolute Gasteiger partial charge is 0.414 e. The summed E-state index contributed by atoms with van der Waals surface area (Å²) < 4.78 is 37.1. The summed E-state index contributed by atoms with van der Waals surface area (Å²) in [5, 5.41) is 12.4. The lowest BCUT2D eigenvalue weighted by atomic mass is 10.0. The number of rotatable bonds is 6. The second-order valence-electron chi connectivity index (χ2n) is 8.44. The maximum Gasteiger partial charge on any atom is 0.414 e. The number of nitrogens with one attached hydrogen (secondary N) is 1. The molecule has 31 heavy (non-hydrogen) atoms. The van der Waals surface area contributed by atoms with Gasteiger partial charge in [-0.3, -0.25) is 9.69 Å². The Balaban J connectivity index is 1.71. The van der Waals surface area contributed by atoms with Crippen LogP contribution in [0.25, 0.3) is 5.57 Å². The van der Waals surface area contributed by atoms with E-state index in [1.165, 1.54) is 17.9 Å². The van der Waals surface area contributed by atoms with Crippen molar-refractivity contribution in [2.24, 2.45) is 4.36 Å². The molecule has 2 aliphatic rings. The first-order valence-electron chi connectivity index (χ1n) is 10.1. The first-order chi connectivity index (χ1) is 14.5. The van der Waals surface area contributed by atoms with E-state index in [2.05, 4.69) is 9.68 Å². The van der Waals surface area contributed by atoms with Crippen molar-refractivity contribution in [3.8, 4) is 0 Å². The zero-order valence-electron chi connectivity index (χ0n) is 17.9. The number of hydrogen-bond acceptors (Lipinski definition) is 6. The normalized spacial score (nSPS) is 23.9. The molecule has 1 aromatic carbocycles. The van der Waals surface area contributed by atoms with Gasteiger partial charge in [0.25, 0.3) is 0 Å². The predicted molar refractivity (Wildman–Crippen MR) is 117 cm³/mol. The minimum Gasteiger partial charge on any atom is -0.442 e. The van der Waals surface area contributed by atoms with Crippen molar-refractivity contribution in [1.29, 1.82) is 0 Å². The van der Waals surface area contributed by atoms with Crippen LogP contribution in [0.1, 0.15) is 32.8 Å². The molecule has 1 aromatic rings. The fourth-order valence-electron chi connectivity index (χ4n) is 3.35. The SMILES string of the molecule is CC(=O)NC[C@@H]1CN(c2ccc(C3=CCS(=O)(=NCC(C)(C)O)CC3)c(F)c2)C(=O)O1. The fourth-order valence-corrected chi connectivity index (χ4v) is 5.30. The number of amides is 2. The summed E-state index contributed by atoms with van der Waals surface area (Å²) >= 11 is 0. The number of carbonyl (C=O) groups is 2. The minimum atomic E-state index is -2.46. The zero-order valence-corrected chi connectivity index (χ0v) is 18.7. The van der Waals surface area contributed by atoms with Gasteiger partial charge in [-0.05, 0) is 44.0 Å². The Morgan fingerprint density at radius 2 is 2.19 bits per heavy atom. The van der Waals surface area contributed by atoms with Crippen LogP contribution in [-0.4, -0.2) is 64.2 Å². The van der Waals surface area contributed by atoms with E-state index in [4.69, 9.17) is 4.74 Å². The molecule has 10 heteroatoms. The van der Waals surface area contributed by atoms with Gasteiger partial charge in [-0.1, -0.05) is 6.08 Å². The highest BCUT2D eigenvalue weighted by Gasteiger charge is 2.33. The standard InChI is InChI=1S/C21H28FN3O5S/c1-14(26)23-11-17-12-25(20(27)30-17)16-4-5-18(19(22)10-16)15-6-8-31(29,9-7-15)24-13-21(2,3)28/h4-6,10,17,28H,7-9,11-13H2,1-3H3,(H,23,26)/t17-,31?/m1/s1. The van der Waals surface area contributed by atoms with Crippen LogP contribution in [0.4, 0.5) is 14.9 Å². The number of nitrogens with zero attached hydrogens (tertiary/aromatic N) is 2. The number of allylic oxidation sites excluding steroid dienone is 1. The van der Waals surface area contributed by atoms with Crippen molar-refractivity contribution >= 4 is 33.0 Å². The molecule has 170 valence electrons. The average molecular weight is 454 g/mol. The third kappa shape index (κ3) is 6.04. The first kappa shape index (κ1) is 23.2. The van der Waals surface area contributed by atoms with Gasteiger partial charge in [-0.15, -0.1) is 0 Å². The summed E-state index contributed by atoms with van der Waals surface area (Å²) in [5.74, 6) is -0.186. The quantitative estimate of drug-likeness (QED) is 0.687. The van der Waals surface area contributed by atoms with Gasteiger partial charge in [0, 0.05) is 18.2 Å². The van der Waals surface area contributed by atoms with Crippen molar-refractivity contribution in [2.75, 3.05) is 36.0 Å². The first-order valence-corrected chi connectivity index (χ1v) is 11.9. The molecule has 1 fully saturated rings. The lowest BCUT2D eigenvalue weighted by Gasteiger charge is -2.21. The maximum absolute atomic E-state index is 14.9. The van der Waals surface area contributed by atoms with Gasteiger partial charge >= 0.3 is 6.09 Å². The summed E-state index contributed by atoms with van der Waals surface area (Å²) in [5.41, 5.74) is 0.495. The van der Waals surface area contributed by atoms with Crippen LogP contribution in [0.2, 0.25) is 0 Å². The Morgan fingerprint density at radius 3 is 2.77 bits per heavy atom. The van der Waals surface area contributed by atoms with Crippen molar-refractivity contribution in [3.05, 3.63) is 35.7 Å². The van der Waals surface area contributed by atoms with E-state index in [1.807, 2.05) is 0 Å². The molecule has 0 aliphatic carbocycles. The average Bonchev–Trinajstić information content (AvgIpc) is 3.06. The van der Waals surface area contributed by atoms with Gasteiger partial charge in [0.05, 0.1) is 46.4 Å². The second-order valence-corrected chi connectivity index (χ2v) is 11.0. The van der Waals surface area contributed by atoms with E-state index in [-0.39, 0.29) is 31.3 Å². The molecule has 0 spiro atoms. The zero-order chi connectivity index (χ0) is 22.8. The highest BCUT2D eigenvalue weighted by atomic mass is 32.2. The van der Waals surface area contributed by atoms with Crippen molar-refractivity contribution < 1.29 is 28.0 Å². The molecule has 0 saturated carbocycles. The molecule has 0 bridgehead atoms. The largest absolute Gasteiger partial charge is 0.442 e. The summed E-state index contributed by atoms with van der Waals surface area (Å²) in [7, 11) is -2.46. The van der Waals surface area contributed by atoms with Gasteiger partial charge < -0.3 is 15.2 Å². The van der Waals surface area contributed by atoms with E-state index in [1.54, 1.807) is 32.1 Å². The number of cyclic esters (lactones) is 1. The van der Waals surface area contributed by atoms with Gasteiger partial charge in [0.15, 0.2) is 0 Å². The van der Waals surface area contributed by atoms with E-state index in [9.17, 15) is 23.3 Å². The van der Waals surface area contributed by atoms with Crippen LogP contribution in [-0.2, 0) is 19.3 Å². The highest BCUT2D eigenvalue weighted by Crippen LogP contribution is 2.30. The second kappa shape index (κ2) is 8.96. The Kier molecular flexibility index (Phi) is 6.70. The summed E-state index contributed by atoms with van der Waals surface area (Å²) in [4.78, 5) is 24.5. The molecular formula is C21H28FN3O5S. The monoisotopic (exact) mass is 453 g/mol. The Morgan fingerprint density at radius 1 is 1.45 bits per heavy atom. The minimum absolute atomic E-state index is 0.0902. The van der Waals surface area contributed by atoms with Crippen molar-refractivity contribution in [3.63, 3.8) is 0 Å².